The van der Waals surface area contributed by atoms with E-state index in [0.29, 0.717) is 3.63 Å². The zero-order valence-corrected chi connectivity index (χ0v) is 20.0. The molecule has 3 aliphatic rings. The summed E-state index contributed by atoms with van der Waals surface area (Å²) in [5, 5.41) is 0. The molecule has 4 heteroatoms. The first-order chi connectivity index (χ1) is 12.1. The number of hydrogen-bond donors (Lipinski definition) is 0. The summed E-state index contributed by atoms with van der Waals surface area (Å²) in [5.74, 6) is 0. The Balaban J connectivity index is 0.00000105. The molecule has 140 valence electrons. The summed E-state index contributed by atoms with van der Waals surface area (Å²) in [4.78, 5) is 2.25. The van der Waals surface area contributed by atoms with E-state index in [1.165, 1.54) is 27.4 Å². The summed E-state index contributed by atoms with van der Waals surface area (Å²) in [6, 6.07) is 16.4. The summed E-state index contributed by atoms with van der Waals surface area (Å²) in [6.07, 6.45) is 8.38. The third-order valence-electron chi connectivity index (χ3n) is 6.67. The maximum absolute atomic E-state index is 2.53. The van der Waals surface area contributed by atoms with Crippen molar-refractivity contribution in [2.24, 2.45) is 0 Å². The number of rotatable bonds is 3. The molecule has 1 aliphatic heterocycles. The molecule has 1 saturated heterocycles. The van der Waals surface area contributed by atoms with Crippen molar-refractivity contribution in [3.63, 3.8) is 0 Å². The van der Waals surface area contributed by atoms with Crippen LogP contribution in [0.25, 0.3) is 11.1 Å². The molecule has 3 unspecified atom stereocenters. The summed E-state index contributed by atoms with van der Waals surface area (Å²) < 4.78 is 5.05. The molecular weight excluding hydrogens is 452 g/mol. The van der Waals surface area contributed by atoms with E-state index in [0.717, 1.165) is 3.63 Å². The van der Waals surface area contributed by atoms with Gasteiger partial charge in [0.05, 0.1) is 0 Å². The molecule has 0 bridgehead atoms. The Labute approximate surface area is 179 Å². The van der Waals surface area contributed by atoms with Crippen molar-refractivity contribution in [1.82, 2.24) is 0 Å². The Bertz CT molecular complexity index is 934. The molecule has 2 aromatic carbocycles. The van der Waals surface area contributed by atoms with Gasteiger partial charge in [0.2, 0.25) is 0 Å². The number of allylic oxidation sites excluding steroid dienone is 4. The van der Waals surface area contributed by atoms with Gasteiger partial charge in [-0.3, -0.25) is 0 Å². The summed E-state index contributed by atoms with van der Waals surface area (Å²) in [7, 11) is 4.31. The van der Waals surface area contributed by atoms with E-state index in [2.05, 4.69) is 86.6 Å². The number of benzene rings is 2. The smallest absolute Gasteiger partial charge is 1.00 e. The van der Waals surface area contributed by atoms with Gasteiger partial charge in [-0.2, -0.15) is 0 Å². The first-order valence-corrected chi connectivity index (χ1v) is 15.2. The SMILES string of the molecule is C[CH]1[CH2][Zr+2]1([C]1=CC=CC1)[CH]1c2ccccc2-c2ccc(N(C)C)cc21.[Cl-].[Cl-]. The van der Waals surface area contributed by atoms with Gasteiger partial charge in [-0.05, 0) is 0 Å². The van der Waals surface area contributed by atoms with Crippen LogP contribution in [-0.2, 0) is 20.3 Å². The number of hydrogen-bond acceptors (Lipinski definition) is 1. The minimum atomic E-state index is -2.39. The van der Waals surface area contributed by atoms with Crippen molar-refractivity contribution in [3.8, 4) is 11.1 Å². The molecule has 2 aliphatic carbocycles. The van der Waals surface area contributed by atoms with Crippen LogP contribution in [0, 0.1) is 0 Å². The van der Waals surface area contributed by atoms with E-state index < -0.39 is 20.3 Å². The van der Waals surface area contributed by atoms with Gasteiger partial charge in [-0.15, -0.1) is 0 Å². The van der Waals surface area contributed by atoms with Gasteiger partial charge in [-0.1, -0.05) is 0 Å². The van der Waals surface area contributed by atoms with Crippen molar-refractivity contribution in [3.05, 3.63) is 75.1 Å². The molecule has 0 N–H and O–H groups in total. The van der Waals surface area contributed by atoms with Gasteiger partial charge in [0.25, 0.3) is 0 Å². The quantitative estimate of drug-likeness (QED) is 0.605. The number of anilines is 1. The zero-order chi connectivity index (χ0) is 17.2. The number of fused-ring (bicyclic) bond motifs is 3. The second-order valence-electron chi connectivity index (χ2n) is 8.16. The fourth-order valence-corrected chi connectivity index (χ4v) is 22.0. The van der Waals surface area contributed by atoms with Crippen LogP contribution in [-0.4, -0.2) is 14.1 Å². The Kier molecular flexibility index (Phi) is 5.84. The first-order valence-electron chi connectivity index (χ1n) is 9.39. The van der Waals surface area contributed by atoms with Gasteiger partial charge in [0, 0.05) is 0 Å². The molecule has 1 fully saturated rings. The van der Waals surface area contributed by atoms with Crippen LogP contribution in [0.1, 0.15) is 28.1 Å². The molecule has 0 saturated carbocycles. The summed E-state index contributed by atoms with van der Waals surface area (Å²) >= 11 is -2.39. The normalized spacial score (nSPS) is 24.0. The zero-order valence-electron chi connectivity index (χ0n) is 16.0. The van der Waals surface area contributed by atoms with Crippen molar-refractivity contribution in [2.75, 3.05) is 19.0 Å². The molecule has 0 spiro atoms. The van der Waals surface area contributed by atoms with Crippen LogP contribution in [0.5, 0.6) is 0 Å². The van der Waals surface area contributed by atoms with Crippen LogP contribution >= 0.6 is 0 Å². The predicted octanol–water partition coefficient (Wildman–Crippen LogP) is 0.0684. The number of halogens is 2. The predicted molar refractivity (Wildman–Crippen MR) is 104 cm³/mol. The molecule has 1 nitrogen and oxygen atoms in total. The minimum absolute atomic E-state index is 0. The second kappa shape index (κ2) is 7.54. The molecule has 27 heavy (non-hydrogen) atoms. The minimum Gasteiger partial charge on any atom is -1.00 e. The van der Waals surface area contributed by atoms with Gasteiger partial charge >= 0.3 is 156 Å². The molecule has 1 heterocycles. The van der Waals surface area contributed by atoms with Crippen LogP contribution in [0.2, 0.25) is 7.75 Å². The molecule has 2 aromatic rings. The maximum atomic E-state index is 2.53. The Morgan fingerprint density at radius 2 is 1.67 bits per heavy atom. The number of nitrogens with zero attached hydrogens (tertiary/aromatic N) is 1. The van der Waals surface area contributed by atoms with Gasteiger partial charge < -0.3 is 24.8 Å². The Morgan fingerprint density at radius 1 is 0.963 bits per heavy atom. The van der Waals surface area contributed by atoms with Crippen LogP contribution < -0.4 is 29.7 Å². The van der Waals surface area contributed by atoms with Crippen molar-refractivity contribution >= 4 is 5.69 Å². The monoisotopic (exact) mass is 475 g/mol. The van der Waals surface area contributed by atoms with E-state index in [1.54, 1.807) is 11.1 Å². The van der Waals surface area contributed by atoms with E-state index >= 15 is 0 Å². The van der Waals surface area contributed by atoms with Crippen molar-refractivity contribution in [2.45, 2.75) is 24.7 Å². The summed E-state index contributed by atoms with van der Waals surface area (Å²) in [6.45, 7) is 2.53. The molecule has 0 amide bonds. The standard InChI is InChI=1S/C15H14N.C5H5.C3H6.2ClH.Zr/c1-16(2)13-7-8-15-12(10-13)9-11-5-3-4-6-14(11)15;1-2-4-5-3-1;1-3-2;;;/h3-10H,1-2H3;1-3H,4H2;3H,1H2,2H3;2*1H;/q;;;;;+2/p-2. The average Bonchev–Trinajstić information content (AvgIpc) is 3.03. The third-order valence-corrected chi connectivity index (χ3v) is 21.3. The largest absolute Gasteiger partial charge is 1.00 e. The Hall–Kier alpha value is -0.817. The second-order valence-corrected chi connectivity index (χ2v) is 19.7. The average molecular weight is 478 g/mol. The fraction of sp³-hybridized carbons (Fsp3) is 0.304. The Morgan fingerprint density at radius 3 is 2.30 bits per heavy atom. The third kappa shape index (κ3) is 3.00. The van der Waals surface area contributed by atoms with E-state index in [4.69, 9.17) is 0 Å². The van der Waals surface area contributed by atoms with Crippen LogP contribution in [0.15, 0.2) is 64.0 Å². The molecule has 3 atom stereocenters. The van der Waals surface area contributed by atoms with Crippen molar-refractivity contribution < 1.29 is 45.1 Å². The van der Waals surface area contributed by atoms with Gasteiger partial charge in [-0.25, -0.2) is 0 Å². The maximum Gasteiger partial charge on any atom is -1.00 e. The van der Waals surface area contributed by atoms with Crippen LogP contribution in [0.4, 0.5) is 5.69 Å². The van der Waals surface area contributed by atoms with Gasteiger partial charge in [0.1, 0.15) is 0 Å². The van der Waals surface area contributed by atoms with Crippen molar-refractivity contribution in [1.29, 1.82) is 0 Å². The van der Waals surface area contributed by atoms with E-state index in [9.17, 15) is 0 Å². The summed E-state index contributed by atoms with van der Waals surface area (Å²) in [5.41, 5.74) is 7.58. The molecule has 5 rings (SSSR count). The topological polar surface area (TPSA) is 3.24 Å². The van der Waals surface area contributed by atoms with E-state index in [-0.39, 0.29) is 24.8 Å². The molecule has 0 aromatic heterocycles. The molecule has 0 radical (unpaired) electrons. The first kappa shape index (κ1) is 20.9. The van der Waals surface area contributed by atoms with Gasteiger partial charge in [0.15, 0.2) is 0 Å². The molecular formula is C23H25Cl2NZr. The van der Waals surface area contributed by atoms with E-state index in [1.807, 2.05) is 3.28 Å². The van der Waals surface area contributed by atoms with Crippen LogP contribution in [0.3, 0.4) is 0 Å². The fourth-order valence-electron chi connectivity index (χ4n) is 5.30.